The van der Waals surface area contributed by atoms with Crippen LogP contribution in [0.4, 0.5) is 5.69 Å². The van der Waals surface area contributed by atoms with Gasteiger partial charge in [0.25, 0.3) is 0 Å². The zero-order valence-electron chi connectivity index (χ0n) is 13.3. The first kappa shape index (κ1) is 15.9. The van der Waals surface area contributed by atoms with Gasteiger partial charge >= 0.3 is 0 Å². The quantitative estimate of drug-likeness (QED) is 0.910. The molecule has 114 valence electrons. The third kappa shape index (κ3) is 3.80. The first-order valence-electron chi connectivity index (χ1n) is 7.18. The van der Waals surface area contributed by atoms with Gasteiger partial charge < -0.3 is 10.6 Å². The van der Waals surface area contributed by atoms with Crippen molar-refractivity contribution in [2.24, 2.45) is 5.92 Å². The summed E-state index contributed by atoms with van der Waals surface area (Å²) >= 11 is 1.69. The molecule has 1 aromatic heterocycles. The van der Waals surface area contributed by atoms with Crippen molar-refractivity contribution in [2.75, 3.05) is 18.9 Å². The molecule has 0 aliphatic rings. The lowest BCUT2D eigenvalue weighted by atomic mass is 9.98. The summed E-state index contributed by atoms with van der Waals surface area (Å²) in [6, 6.07) is 5.89. The fraction of sp³-hybridized carbons (Fsp3) is 0.500. The Morgan fingerprint density at radius 3 is 2.71 bits per heavy atom. The lowest BCUT2D eigenvalue weighted by molar-refractivity contribution is -0.119. The summed E-state index contributed by atoms with van der Waals surface area (Å²) in [5.74, 6) is -0.0263. The molecule has 1 heterocycles. The molecule has 1 unspecified atom stereocenters. The van der Waals surface area contributed by atoms with Crippen LogP contribution in [0.2, 0.25) is 0 Å². The largest absolute Gasteiger partial charge is 0.326 e. The number of fused-ring (bicyclic) bond motifs is 1. The van der Waals surface area contributed by atoms with Gasteiger partial charge in [0.2, 0.25) is 5.91 Å². The van der Waals surface area contributed by atoms with E-state index in [9.17, 15) is 4.79 Å². The molecule has 2 N–H and O–H groups in total. The number of nitrogens with zero attached hydrogens (tertiary/aromatic N) is 1. The highest BCUT2D eigenvalue weighted by molar-refractivity contribution is 7.18. The Labute approximate surface area is 130 Å². The minimum atomic E-state index is -0.0581. The molecule has 4 nitrogen and oxygen atoms in total. The van der Waals surface area contributed by atoms with Crippen LogP contribution in [0, 0.1) is 5.92 Å². The smallest absolute Gasteiger partial charge is 0.228 e. The van der Waals surface area contributed by atoms with E-state index in [2.05, 4.69) is 36.4 Å². The molecular weight excluding hydrogens is 282 g/mol. The summed E-state index contributed by atoms with van der Waals surface area (Å²) in [6.45, 7) is 9.06. The van der Waals surface area contributed by atoms with Crippen LogP contribution in [0.25, 0.3) is 10.2 Å². The Kier molecular flexibility index (Phi) is 4.64. The molecule has 0 saturated heterocycles. The predicted molar refractivity (Wildman–Crippen MR) is 90.0 cm³/mol. The molecular formula is C16H23N3OS. The minimum absolute atomic E-state index is 0.0317. The molecule has 0 radical (unpaired) electrons. The molecule has 2 aromatic rings. The lowest BCUT2D eigenvalue weighted by Gasteiger charge is -2.13. The highest BCUT2D eigenvalue weighted by Crippen LogP contribution is 2.32. The highest BCUT2D eigenvalue weighted by Gasteiger charge is 2.19. The van der Waals surface area contributed by atoms with E-state index < -0.39 is 0 Å². The summed E-state index contributed by atoms with van der Waals surface area (Å²) < 4.78 is 1.11. The number of anilines is 1. The lowest BCUT2D eigenvalue weighted by Crippen LogP contribution is -2.28. The van der Waals surface area contributed by atoms with E-state index in [1.165, 1.54) is 0 Å². The normalized spacial score (nSPS) is 13.4. The second-order valence-corrected chi connectivity index (χ2v) is 7.43. The summed E-state index contributed by atoms with van der Waals surface area (Å²) in [6.07, 6.45) is 0. The van der Waals surface area contributed by atoms with Crippen molar-refractivity contribution in [1.29, 1.82) is 0 Å². The Bertz CT molecular complexity index is 642. The third-order valence-electron chi connectivity index (χ3n) is 3.26. The molecule has 1 aromatic carbocycles. The van der Waals surface area contributed by atoms with Crippen LogP contribution in [-0.2, 0) is 10.2 Å². The Morgan fingerprint density at radius 1 is 1.38 bits per heavy atom. The van der Waals surface area contributed by atoms with Crippen LogP contribution in [0.1, 0.15) is 32.7 Å². The van der Waals surface area contributed by atoms with Crippen LogP contribution >= 0.6 is 11.3 Å². The summed E-state index contributed by atoms with van der Waals surface area (Å²) in [4.78, 5) is 16.7. The maximum Gasteiger partial charge on any atom is 0.228 e. The number of benzene rings is 1. The number of aromatic nitrogens is 1. The summed E-state index contributed by atoms with van der Waals surface area (Å²) in [7, 11) is 1.85. The van der Waals surface area contributed by atoms with Gasteiger partial charge in [-0.2, -0.15) is 0 Å². The van der Waals surface area contributed by atoms with Crippen LogP contribution in [0.3, 0.4) is 0 Å². The molecule has 2 rings (SSSR count). The minimum Gasteiger partial charge on any atom is -0.326 e. The molecule has 0 saturated carbocycles. The van der Waals surface area contributed by atoms with E-state index in [4.69, 9.17) is 0 Å². The SMILES string of the molecule is CNCC(C)C(=O)Nc1ccc2nc(C(C)(C)C)sc2c1. The van der Waals surface area contributed by atoms with Gasteiger partial charge in [-0.05, 0) is 25.2 Å². The van der Waals surface area contributed by atoms with Crippen molar-refractivity contribution in [2.45, 2.75) is 33.1 Å². The van der Waals surface area contributed by atoms with Crippen molar-refractivity contribution < 1.29 is 4.79 Å². The second kappa shape index (κ2) is 6.12. The molecule has 0 spiro atoms. The predicted octanol–water partition coefficient (Wildman–Crippen LogP) is 3.39. The molecule has 1 amide bonds. The number of carbonyl (C=O) groups excluding carboxylic acids is 1. The van der Waals surface area contributed by atoms with E-state index in [0.29, 0.717) is 6.54 Å². The fourth-order valence-electron chi connectivity index (χ4n) is 1.99. The van der Waals surface area contributed by atoms with E-state index in [-0.39, 0.29) is 17.2 Å². The standard InChI is InChI=1S/C16H23N3OS/c1-10(9-17-5)14(20)18-11-6-7-12-13(8-11)21-15(19-12)16(2,3)4/h6-8,10,17H,9H2,1-5H3,(H,18,20). The van der Waals surface area contributed by atoms with Crippen LogP contribution in [0.15, 0.2) is 18.2 Å². The third-order valence-corrected chi connectivity index (χ3v) is 4.70. The van der Waals surface area contributed by atoms with Crippen molar-refractivity contribution >= 4 is 33.1 Å². The molecule has 0 bridgehead atoms. The van der Waals surface area contributed by atoms with E-state index in [0.717, 1.165) is 20.9 Å². The van der Waals surface area contributed by atoms with Gasteiger partial charge in [0.05, 0.1) is 15.2 Å². The monoisotopic (exact) mass is 305 g/mol. The van der Waals surface area contributed by atoms with Gasteiger partial charge in [-0.25, -0.2) is 4.98 Å². The number of nitrogens with one attached hydrogen (secondary N) is 2. The van der Waals surface area contributed by atoms with Gasteiger partial charge in [-0.15, -0.1) is 11.3 Å². The number of hydrogen-bond donors (Lipinski definition) is 2. The molecule has 0 aliphatic carbocycles. The van der Waals surface area contributed by atoms with Crippen LogP contribution in [0.5, 0.6) is 0 Å². The van der Waals surface area contributed by atoms with E-state index in [1.807, 2.05) is 32.2 Å². The maximum atomic E-state index is 12.0. The first-order valence-corrected chi connectivity index (χ1v) is 7.99. The fourth-order valence-corrected chi connectivity index (χ4v) is 3.05. The van der Waals surface area contributed by atoms with Gasteiger partial charge in [-0.1, -0.05) is 27.7 Å². The van der Waals surface area contributed by atoms with Crippen molar-refractivity contribution in [1.82, 2.24) is 10.3 Å². The van der Waals surface area contributed by atoms with E-state index in [1.54, 1.807) is 11.3 Å². The Morgan fingerprint density at radius 2 is 2.10 bits per heavy atom. The highest BCUT2D eigenvalue weighted by atomic mass is 32.1. The number of rotatable bonds is 4. The molecule has 1 atom stereocenters. The second-order valence-electron chi connectivity index (χ2n) is 6.40. The summed E-state index contributed by atoms with van der Waals surface area (Å²) in [5, 5.41) is 7.10. The topological polar surface area (TPSA) is 54.0 Å². The average Bonchev–Trinajstić information content (AvgIpc) is 2.82. The molecule has 21 heavy (non-hydrogen) atoms. The Balaban J connectivity index is 2.21. The van der Waals surface area contributed by atoms with Gasteiger partial charge in [-0.3, -0.25) is 4.79 Å². The number of carbonyl (C=O) groups is 1. The van der Waals surface area contributed by atoms with Gasteiger partial charge in [0.15, 0.2) is 0 Å². The zero-order valence-corrected chi connectivity index (χ0v) is 14.1. The van der Waals surface area contributed by atoms with E-state index >= 15 is 0 Å². The molecule has 5 heteroatoms. The number of amides is 1. The van der Waals surface area contributed by atoms with Crippen LogP contribution < -0.4 is 10.6 Å². The molecule has 0 aliphatic heterocycles. The van der Waals surface area contributed by atoms with Gasteiger partial charge in [0, 0.05) is 23.6 Å². The van der Waals surface area contributed by atoms with Crippen LogP contribution in [-0.4, -0.2) is 24.5 Å². The first-order chi connectivity index (χ1) is 9.81. The Hall–Kier alpha value is -1.46. The zero-order chi connectivity index (χ0) is 15.6. The molecule has 0 fully saturated rings. The van der Waals surface area contributed by atoms with Crippen molar-refractivity contribution in [3.05, 3.63) is 23.2 Å². The van der Waals surface area contributed by atoms with Crippen molar-refractivity contribution in [3.63, 3.8) is 0 Å². The maximum absolute atomic E-state index is 12.0. The van der Waals surface area contributed by atoms with Gasteiger partial charge in [0.1, 0.15) is 0 Å². The number of thiazole rings is 1. The summed E-state index contributed by atoms with van der Waals surface area (Å²) in [5.41, 5.74) is 1.87. The number of hydrogen-bond acceptors (Lipinski definition) is 4. The van der Waals surface area contributed by atoms with Crippen molar-refractivity contribution in [3.8, 4) is 0 Å². The average molecular weight is 305 g/mol.